The van der Waals surface area contributed by atoms with Crippen LogP contribution in [0.5, 0.6) is 11.5 Å². The smallest absolute Gasteiger partial charge is 0.325 e. The topological polar surface area (TPSA) is 74.3 Å². The Morgan fingerprint density at radius 1 is 1.10 bits per heavy atom. The molecule has 7 heteroatoms. The molecule has 0 aliphatic carbocycles. The van der Waals surface area contributed by atoms with Crippen LogP contribution in [-0.4, -0.2) is 68.5 Å². The molecule has 0 amide bonds. The van der Waals surface area contributed by atoms with Crippen molar-refractivity contribution in [1.29, 1.82) is 0 Å². The third-order valence-corrected chi connectivity index (χ3v) is 5.29. The van der Waals surface area contributed by atoms with Crippen molar-refractivity contribution in [2.75, 3.05) is 56.7 Å². The molecule has 0 aromatic heterocycles. The first-order chi connectivity index (χ1) is 14.6. The van der Waals surface area contributed by atoms with Crippen molar-refractivity contribution in [2.45, 2.75) is 19.4 Å². The Bertz CT molecular complexity index is 807. The predicted molar refractivity (Wildman–Crippen MR) is 119 cm³/mol. The molecule has 1 atom stereocenters. The van der Waals surface area contributed by atoms with Gasteiger partial charge in [0.1, 0.15) is 6.04 Å². The highest BCUT2D eigenvalue weighted by molar-refractivity contribution is 5.77. The Morgan fingerprint density at radius 2 is 1.83 bits per heavy atom. The molecule has 0 radical (unpaired) electrons. The molecule has 2 aromatic rings. The van der Waals surface area contributed by atoms with Gasteiger partial charge >= 0.3 is 5.97 Å². The summed E-state index contributed by atoms with van der Waals surface area (Å²) < 4.78 is 11.3. The zero-order chi connectivity index (χ0) is 21.3. The zero-order valence-corrected chi connectivity index (χ0v) is 17.7. The zero-order valence-electron chi connectivity index (χ0n) is 17.7. The van der Waals surface area contributed by atoms with Crippen LogP contribution in [0.1, 0.15) is 13.3 Å². The minimum Gasteiger partial charge on any atom is -0.493 e. The van der Waals surface area contributed by atoms with Crippen molar-refractivity contribution in [3.05, 3.63) is 48.5 Å². The maximum Gasteiger partial charge on any atom is 0.325 e. The van der Waals surface area contributed by atoms with E-state index in [9.17, 15) is 4.79 Å². The van der Waals surface area contributed by atoms with Crippen LogP contribution in [0.15, 0.2) is 48.5 Å². The summed E-state index contributed by atoms with van der Waals surface area (Å²) in [6.45, 7) is 7.40. The molecule has 1 aliphatic heterocycles. The van der Waals surface area contributed by atoms with E-state index in [1.165, 1.54) is 5.69 Å². The molecule has 2 aromatic carbocycles. The van der Waals surface area contributed by atoms with Crippen LogP contribution in [0.25, 0.3) is 0 Å². The van der Waals surface area contributed by atoms with E-state index in [1.54, 1.807) is 26.2 Å². The quantitative estimate of drug-likeness (QED) is 0.580. The summed E-state index contributed by atoms with van der Waals surface area (Å²) in [5.74, 6) is 0.355. The maximum atomic E-state index is 11.0. The average molecular weight is 414 g/mol. The van der Waals surface area contributed by atoms with Crippen molar-refractivity contribution in [3.8, 4) is 11.5 Å². The van der Waals surface area contributed by atoms with E-state index in [-0.39, 0.29) is 0 Å². The van der Waals surface area contributed by atoms with Gasteiger partial charge in [-0.25, -0.2) is 0 Å². The summed E-state index contributed by atoms with van der Waals surface area (Å²) >= 11 is 0. The minimum absolute atomic E-state index is 0.592. The van der Waals surface area contributed by atoms with Gasteiger partial charge in [-0.1, -0.05) is 18.2 Å². The number of carboxylic acid groups (broad SMARTS) is 1. The first kappa shape index (κ1) is 21.8. The number of piperazine rings is 1. The van der Waals surface area contributed by atoms with Crippen molar-refractivity contribution >= 4 is 17.3 Å². The number of nitrogens with one attached hydrogen (secondary N) is 1. The van der Waals surface area contributed by atoms with Gasteiger partial charge in [0.05, 0.1) is 13.7 Å². The van der Waals surface area contributed by atoms with E-state index >= 15 is 0 Å². The van der Waals surface area contributed by atoms with Crippen LogP contribution in [0, 0.1) is 0 Å². The number of ether oxygens (including phenoxy) is 2. The van der Waals surface area contributed by atoms with E-state index in [2.05, 4.69) is 45.4 Å². The van der Waals surface area contributed by atoms with Crippen LogP contribution in [-0.2, 0) is 4.79 Å². The van der Waals surface area contributed by atoms with Crippen LogP contribution >= 0.6 is 0 Å². The van der Waals surface area contributed by atoms with Gasteiger partial charge < -0.3 is 24.8 Å². The summed E-state index contributed by atoms with van der Waals surface area (Å²) in [5, 5.41) is 11.9. The Morgan fingerprint density at radius 3 is 2.50 bits per heavy atom. The van der Waals surface area contributed by atoms with Gasteiger partial charge in [-0.3, -0.25) is 9.69 Å². The molecule has 2 N–H and O–H groups in total. The van der Waals surface area contributed by atoms with Crippen LogP contribution in [0.2, 0.25) is 0 Å². The standard InChI is InChI=1S/C23H31N3O4/c1-18(23(27)28)24-19-9-10-21(22(17-19)29-2)30-16-6-11-25-12-14-26(15-13-25)20-7-4-3-5-8-20/h3-5,7-10,17-18,24H,6,11-16H2,1-2H3,(H,27,28). The predicted octanol–water partition coefficient (Wildman–Crippen LogP) is 3.17. The summed E-state index contributed by atoms with van der Waals surface area (Å²) in [7, 11) is 1.58. The van der Waals surface area contributed by atoms with Crippen molar-refractivity contribution in [3.63, 3.8) is 0 Å². The van der Waals surface area contributed by atoms with E-state index in [0.29, 0.717) is 23.8 Å². The lowest BCUT2D eigenvalue weighted by atomic mass is 10.2. The van der Waals surface area contributed by atoms with Crippen molar-refractivity contribution in [2.24, 2.45) is 0 Å². The van der Waals surface area contributed by atoms with Gasteiger partial charge in [0.2, 0.25) is 0 Å². The second kappa shape index (κ2) is 10.7. The Kier molecular flexibility index (Phi) is 7.79. The fourth-order valence-electron chi connectivity index (χ4n) is 3.53. The minimum atomic E-state index is -0.904. The number of carbonyl (C=O) groups is 1. The molecule has 1 unspecified atom stereocenters. The average Bonchev–Trinajstić information content (AvgIpc) is 2.78. The van der Waals surface area contributed by atoms with Crippen molar-refractivity contribution in [1.82, 2.24) is 4.90 Å². The molecular weight excluding hydrogens is 382 g/mol. The number of hydrogen-bond acceptors (Lipinski definition) is 6. The Labute approximate surface area is 178 Å². The lowest BCUT2D eigenvalue weighted by molar-refractivity contribution is -0.137. The Balaban J connectivity index is 1.40. The number of nitrogens with zero attached hydrogens (tertiary/aromatic N) is 2. The molecule has 3 rings (SSSR count). The third kappa shape index (κ3) is 6.03. The van der Waals surface area contributed by atoms with Gasteiger partial charge in [0.25, 0.3) is 0 Å². The third-order valence-electron chi connectivity index (χ3n) is 5.29. The lowest BCUT2D eigenvalue weighted by Gasteiger charge is -2.36. The molecule has 1 fully saturated rings. The highest BCUT2D eigenvalue weighted by Crippen LogP contribution is 2.30. The number of methoxy groups -OCH3 is 1. The number of hydrogen-bond donors (Lipinski definition) is 2. The molecule has 0 saturated carbocycles. The molecule has 1 aliphatic rings. The molecule has 162 valence electrons. The van der Waals surface area contributed by atoms with Crippen molar-refractivity contribution < 1.29 is 19.4 Å². The molecule has 1 heterocycles. The molecular formula is C23H31N3O4. The SMILES string of the molecule is COc1cc(NC(C)C(=O)O)ccc1OCCCN1CCN(c2ccccc2)CC1. The van der Waals surface area contributed by atoms with Gasteiger partial charge in [-0.05, 0) is 37.6 Å². The van der Waals surface area contributed by atoms with Gasteiger partial charge in [-0.15, -0.1) is 0 Å². The molecule has 7 nitrogen and oxygen atoms in total. The molecule has 1 saturated heterocycles. The molecule has 0 bridgehead atoms. The second-order valence-corrected chi connectivity index (χ2v) is 7.44. The highest BCUT2D eigenvalue weighted by Gasteiger charge is 2.17. The maximum absolute atomic E-state index is 11.0. The number of rotatable bonds is 10. The fourth-order valence-corrected chi connectivity index (χ4v) is 3.53. The summed E-state index contributed by atoms with van der Waals surface area (Å²) in [5.41, 5.74) is 1.98. The number of carboxylic acids is 1. The molecule has 30 heavy (non-hydrogen) atoms. The number of aliphatic carboxylic acids is 1. The summed E-state index contributed by atoms with van der Waals surface area (Å²) in [6, 6.07) is 15.3. The van der Waals surface area contributed by atoms with Crippen LogP contribution in [0.4, 0.5) is 11.4 Å². The number of para-hydroxylation sites is 1. The van der Waals surface area contributed by atoms with E-state index in [1.807, 2.05) is 6.07 Å². The molecule has 0 spiro atoms. The first-order valence-corrected chi connectivity index (χ1v) is 10.4. The monoisotopic (exact) mass is 413 g/mol. The summed E-state index contributed by atoms with van der Waals surface area (Å²) in [6.07, 6.45) is 0.935. The normalized spacial score (nSPS) is 15.5. The lowest BCUT2D eigenvalue weighted by Crippen LogP contribution is -2.46. The van der Waals surface area contributed by atoms with Crippen LogP contribution < -0.4 is 19.7 Å². The largest absolute Gasteiger partial charge is 0.493 e. The number of benzene rings is 2. The van der Waals surface area contributed by atoms with E-state index in [0.717, 1.165) is 39.1 Å². The first-order valence-electron chi connectivity index (χ1n) is 10.4. The number of anilines is 2. The van der Waals surface area contributed by atoms with Crippen LogP contribution in [0.3, 0.4) is 0 Å². The second-order valence-electron chi connectivity index (χ2n) is 7.44. The van der Waals surface area contributed by atoms with Gasteiger partial charge in [0, 0.05) is 50.2 Å². The highest BCUT2D eigenvalue weighted by atomic mass is 16.5. The summed E-state index contributed by atoms with van der Waals surface area (Å²) in [4.78, 5) is 15.9. The van der Waals surface area contributed by atoms with Gasteiger partial charge in [-0.2, -0.15) is 0 Å². The Hall–Kier alpha value is -2.93. The van der Waals surface area contributed by atoms with E-state index in [4.69, 9.17) is 14.6 Å². The fraction of sp³-hybridized carbons (Fsp3) is 0.435. The van der Waals surface area contributed by atoms with Gasteiger partial charge in [0.15, 0.2) is 11.5 Å². The van der Waals surface area contributed by atoms with E-state index < -0.39 is 12.0 Å².